The molecule has 1 N–H and O–H groups in total. The highest BCUT2D eigenvalue weighted by atomic mass is 19.4. The van der Waals surface area contributed by atoms with Gasteiger partial charge in [0.05, 0.1) is 11.3 Å². The summed E-state index contributed by atoms with van der Waals surface area (Å²) < 4.78 is 41.0. The number of H-pyrrole nitrogens is 1. The van der Waals surface area contributed by atoms with Gasteiger partial charge >= 0.3 is 6.18 Å². The first-order chi connectivity index (χ1) is 12.2. The van der Waals surface area contributed by atoms with E-state index in [1.54, 1.807) is 23.6 Å². The molecular weight excluding hydrogens is 343 g/mol. The van der Waals surface area contributed by atoms with Gasteiger partial charge in [0.15, 0.2) is 0 Å². The van der Waals surface area contributed by atoms with E-state index in [1.807, 2.05) is 19.9 Å². The van der Waals surface area contributed by atoms with Gasteiger partial charge in [0.1, 0.15) is 0 Å². The predicted molar refractivity (Wildman–Crippen MR) is 92.6 cm³/mol. The summed E-state index contributed by atoms with van der Waals surface area (Å²) in [7, 11) is 0. The van der Waals surface area contributed by atoms with E-state index >= 15 is 0 Å². The fourth-order valence-electron chi connectivity index (χ4n) is 3.12. The number of aryl methyl sites for hydroxylation is 3. The first-order valence-electron chi connectivity index (χ1n) is 8.07. The number of halogens is 3. The lowest BCUT2D eigenvalue weighted by molar-refractivity contribution is -0.137. The minimum absolute atomic E-state index is 0.300. The summed E-state index contributed by atoms with van der Waals surface area (Å²) in [5, 5.41) is 6.30. The van der Waals surface area contributed by atoms with Crippen LogP contribution in [0.2, 0.25) is 0 Å². The highest BCUT2D eigenvalue weighted by Gasteiger charge is 2.30. The van der Waals surface area contributed by atoms with Crippen LogP contribution < -0.4 is 5.56 Å². The molecule has 0 atom stereocenters. The van der Waals surface area contributed by atoms with Gasteiger partial charge in [-0.2, -0.15) is 18.3 Å². The largest absolute Gasteiger partial charge is 0.416 e. The van der Waals surface area contributed by atoms with E-state index in [4.69, 9.17) is 0 Å². The quantitative estimate of drug-likeness (QED) is 0.764. The van der Waals surface area contributed by atoms with E-state index in [1.165, 1.54) is 6.07 Å². The van der Waals surface area contributed by atoms with Gasteiger partial charge in [0.25, 0.3) is 5.56 Å². The number of nitrogens with zero attached hydrogens (tertiary/aromatic N) is 2. The Morgan fingerprint density at radius 3 is 2.54 bits per heavy atom. The standard InChI is InChI=1S/C19H18F3N3O/c1-11-7-13(3)25(16-6-4-5-15(10-16)19(20,21)22)17(11)9-14-8-12(2)23-24-18(14)26/h4-8,10H,9H2,1-3H3,(H,24,26). The fraction of sp³-hybridized carbons (Fsp3) is 0.263. The molecule has 2 aromatic heterocycles. The maximum absolute atomic E-state index is 13.1. The second kappa shape index (κ2) is 6.48. The lowest BCUT2D eigenvalue weighted by atomic mass is 10.1. The van der Waals surface area contributed by atoms with Crippen molar-refractivity contribution >= 4 is 0 Å². The Labute approximate surface area is 148 Å². The summed E-state index contributed by atoms with van der Waals surface area (Å²) in [6, 6.07) is 8.78. The van der Waals surface area contributed by atoms with Crippen molar-refractivity contribution in [3.63, 3.8) is 0 Å². The Balaban J connectivity index is 2.13. The van der Waals surface area contributed by atoms with Gasteiger partial charge in [-0.3, -0.25) is 4.79 Å². The third-order valence-electron chi connectivity index (χ3n) is 4.30. The first-order valence-corrected chi connectivity index (χ1v) is 8.07. The monoisotopic (exact) mass is 361 g/mol. The molecular formula is C19H18F3N3O. The summed E-state index contributed by atoms with van der Waals surface area (Å²) in [5.74, 6) is 0. The summed E-state index contributed by atoms with van der Waals surface area (Å²) >= 11 is 0. The third kappa shape index (κ3) is 3.42. The summed E-state index contributed by atoms with van der Waals surface area (Å²) in [5.41, 5.74) is 3.10. The topological polar surface area (TPSA) is 50.7 Å². The Morgan fingerprint density at radius 2 is 1.85 bits per heavy atom. The number of hydrogen-bond acceptors (Lipinski definition) is 2. The number of aromatic amines is 1. The van der Waals surface area contributed by atoms with Crippen molar-refractivity contribution in [2.24, 2.45) is 0 Å². The minimum Gasteiger partial charge on any atom is -0.318 e. The van der Waals surface area contributed by atoms with Crippen molar-refractivity contribution in [2.45, 2.75) is 33.4 Å². The van der Waals surface area contributed by atoms with Crippen molar-refractivity contribution in [1.82, 2.24) is 14.8 Å². The number of rotatable bonds is 3. The fourth-order valence-corrected chi connectivity index (χ4v) is 3.12. The Kier molecular flexibility index (Phi) is 4.48. The molecule has 4 nitrogen and oxygen atoms in total. The SMILES string of the molecule is Cc1cc(Cc2c(C)cc(C)n2-c2cccc(C(F)(F)F)c2)c(=O)[nH]n1. The van der Waals surface area contributed by atoms with Crippen LogP contribution in [0.1, 0.15) is 33.8 Å². The van der Waals surface area contributed by atoms with Crippen LogP contribution in [-0.2, 0) is 12.6 Å². The smallest absolute Gasteiger partial charge is 0.318 e. The Hall–Kier alpha value is -2.83. The highest BCUT2D eigenvalue weighted by molar-refractivity contribution is 5.45. The molecule has 0 unspecified atom stereocenters. The van der Waals surface area contributed by atoms with Crippen molar-refractivity contribution in [1.29, 1.82) is 0 Å². The summed E-state index contributed by atoms with van der Waals surface area (Å²) in [4.78, 5) is 12.1. The van der Waals surface area contributed by atoms with Gasteiger partial charge in [0, 0.05) is 29.1 Å². The van der Waals surface area contributed by atoms with Crippen molar-refractivity contribution in [2.75, 3.05) is 0 Å². The van der Waals surface area contributed by atoms with Crippen LogP contribution in [0.25, 0.3) is 5.69 Å². The average Bonchev–Trinajstić information content (AvgIpc) is 2.84. The van der Waals surface area contributed by atoms with Gasteiger partial charge in [0.2, 0.25) is 0 Å². The zero-order valence-corrected chi connectivity index (χ0v) is 14.6. The molecule has 0 aliphatic carbocycles. The second-order valence-corrected chi connectivity index (χ2v) is 6.34. The first kappa shape index (κ1) is 18.0. The van der Waals surface area contributed by atoms with Gasteiger partial charge in [-0.1, -0.05) is 6.07 Å². The minimum atomic E-state index is -4.41. The molecule has 7 heteroatoms. The van der Waals surface area contributed by atoms with Gasteiger partial charge in [-0.15, -0.1) is 0 Å². The molecule has 0 radical (unpaired) electrons. The average molecular weight is 361 g/mol. The van der Waals surface area contributed by atoms with E-state index in [0.717, 1.165) is 29.1 Å². The normalized spacial score (nSPS) is 11.8. The van der Waals surface area contributed by atoms with E-state index in [9.17, 15) is 18.0 Å². The van der Waals surface area contributed by atoms with Crippen LogP contribution in [0, 0.1) is 20.8 Å². The van der Waals surface area contributed by atoms with E-state index in [-0.39, 0.29) is 5.56 Å². The number of hydrogen-bond donors (Lipinski definition) is 1. The zero-order valence-electron chi connectivity index (χ0n) is 14.6. The van der Waals surface area contributed by atoms with E-state index in [2.05, 4.69) is 10.2 Å². The van der Waals surface area contributed by atoms with Crippen LogP contribution in [0.4, 0.5) is 13.2 Å². The molecule has 0 spiro atoms. The highest BCUT2D eigenvalue weighted by Crippen LogP contribution is 2.31. The van der Waals surface area contributed by atoms with Gasteiger partial charge in [-0.25, -0.2) is 5.10 Å². The molecule has 2 heterocycles. The van der Waals surface area contributed by atoms with E-state index < -0.39 is 11.7 Å². The van der Waals surface area contributed by atoms with Crippen molar-refractivity contribution in [3.8, 4) is 5.69 Å². The molecule has 26 heavy (non-hydrogen) atoms. The molecule has 1 aromatic carbocycles. The predicted octanol–water partition coefficient (Wildman–Crippen LogP) is 4.10. The maximum Gasteiger partial charge on any atom is 0.416 e. The number of aromatic nitrogens is 3. The van der Waals surface area contributed by atoms with Crippen molar-refractivity contribution < 1.29 is 13.2 Å². The molecule has 0 saturated carbocycles. The number of alkyl halides is 3. The van der Waals surface area contributed by atoms with Crippen LogP contribution in [0.5, 0.6) is 0 Å². The van der Waals surface area contributed by atoms with Crippen LogP contribution in [0.3, 0.4) is 0 Å². The Bertz CT molecular complexity index is 1020. The molecule has 3 aromatic rings. The molecule has 0 bridgehead atoms. The number of benzene rings is 1. The molecule has 0 fully saturated rings. The van der Waals surface area contributed by atoms with Crippen LogP contribution in [-0.4, -0.2) is 14.8 Å². The van der Waals surface area contributed by atoms with Crippen LogP contribution >= 0.6 is 0 Å². The molecule has 0 aliphatic heterocycles. The second-order valence-electron chi connectivity index (χ2n) is 6.34. The lowest BCUT2D eigenvalue weighted by Crippen LogP contribution is -2.17. The third-order valence-corrected chi connectivity index (χ3v) is 4.30. The van der Waals surface area contributed by atoms with E-state index in [0.29, 0.717) is 23.4 Å². The molecule has 0 saturated heterocycles. The van der Waals surface area contributed by atoms with Crippen molar-refractivity contribution in [3.05, 3.63) is 80.5 Å². The molecule has 3 rings (SSSR count). The van der Waals surface area contributed by atoms with Crippen LogP contribution in [0.15, 0.2) is 41.2 Å². The summed E-state index contributed by atoms with van der Waals surface area (Å²) in [6.07, 6.45) is -4.11. The molecule has 136 valence electrons. The van der Waals surface area contributed by atoms with Gasteiger partial charge in [-0.05, 0) is 56.7 Å². The molecule has 0 aliphatic rings. The number of nitrogens with one attached hydrogen (secondary N) is 1. The lowest BCUT2D eigenvalue weighted by Gasteiger charge is -2.15. The maximum atomic E-state index is 13.1. The van der Waals surface area contributed by atoms with Gasteiger partial charge < -0.3 is 4.57 Å². The Morgan fingerprint density at radius 1 is 1.12 bits per heavy atom. The molecule has 0 amide bonds. The zero-order chi connectivity index (χ0) is 19.1. The summed E-state index contributed by atoms with van der Waals surface area (Å²) in [6.45, 7) is 5.48.